The zero-order valence-corrected chi connectivity index (χ0v) is 78.0. The van der Waals surface area contributed by atoms with E-state index in [1.807, 2.05) is 274 Å². The fraction of sp³-hybridized carbons (Fsp3) is 0.154. The minimum atomic E-state index is -0.211. The maximum atomic E-state index is 11.1. The Morgan fingerprint density at radius 2 is 0.956 bits per heavy atom. The summed E-state index contributed by atoms with van der Waals surface area (Å²) < 4.78 is 12.7. The first-order chi connectivity index (χ1) is 67.4. The third-order valence-electron chi connectivity index (χ3n) is 21.2. The number of methoxy groups -OCH3 is 1. The number of carbonyl (C=O) groups excluding carboxylic acids is 1. The Morgan fingerprint density at radius 3 is 1.46 bits per heavy atom. The third kappa shape index (κ3) is 38.9. The molecule has 1 aliphatic carbocycles. The van der Waals surface area contributed by atoms with Crippen molar-refractivity contribution in [3.8, 4) is 33.5 Å². The number of esters is 1. The minimum absolute atomic E-state index is 0.211. The number of H-pyrrole nitrogens is 2. The van der Waals surface area contributed by atoms with Crippen molar-refractivity contribution in [1.29, 1.82) is 0 Å². The molecule has 3 aliphatic heterocycles. The highest BCUT2D eigenvalue weighted by molar-refractivity contribution is 7.16. The Morgan fingerprint density at radius 1 is 0.426 bits per heavy atom. The number of nitrogens with one attached hydrogen (secondary N) is 4. The molecule has 11 heterocycles. The number of ether oxygens (including phenoxy) is 1. The van der Waals surface area contributed by atoms with Crippen molar-refractivity contribution in [2.75, 3.05) is 26.7 Å². The van der Waals surface area contributed by atoms with Crippen LogP contribution < -0.4 is 10.6 Å². The summed E-state index contributed by atoms with van der Waals surface area (Å²) in [6.45, 7) is 4.54. The maximum Gasteiger partial charge on any atom is 0.309 e. The number of imidazole rings is 1. The fourth-order valence-corrected chi connectivity index (χ4v) is 14.9. The summed E-state index contributed by atoms with van der Waals surface area (Å²) >= 11 is 1.68. The Bertz CT molecular complexity index is 5920. The molecule has 136 heavy (non-hydrogen) atoms. The number of thiazole rings is 1. The van der Waals surface area contributed by atoms with Gasteiger partial charge in [-0.25, -0.2) is 19.9 Å². The summed E-state index contributed by atoms with van der Waals surface area (Å²) in [5, 5.41) is 28.8. The lowest BCUT2D eigenvalue weighted by molar-refractivity contribution is -0.139. The Kier molecular flexibility index (Phi) is 46.2. The van der Waals surface area contributed by atoms with Gasteiger partial charge in [0.15, 0.2) is 0 Å². The Hall–Kier alpha value is -15.9. The number of carbonyl (C=O) groups is 1. The highest BCUT2D eigenvalue weighted by atomic mass is 32.1. The monoisotopic (exact) mass is 1810 g/mol. The first kappa shape index (κ1) is 101. The normalized spacial score (nSPS) is 12.8. The van der Waals surface area contributed by atoms with Crippen molar-refractivity contribution in [2.24, 2.45) is 23.2 Å². The fourth-order valence-electron chi connectivity index (χ4n) is 14.3. The Balaban J connectivity index is 0.000000141. The number of azo groups is 1. The smallest absolute Gasteiger partial charge is 0.309 e. The van der Waals surface area contributed by atoms with E-state index in [0.717, 1.165) is 68.6 Å². The molecule has 13 aromatic carbocycles. The van der Waals surface area contributed by atoms with Crippen molar-refractivity contribution in [3.63, 3.8) is 0 Å². The van der Waals surface area contributed by atoms with E-state index in [9.17, 15) is 4.79 Å². The minimum Gasteiger partial charge on any atom is -0.469 e. The van der Waals surface area contributed by atoms with E-state index in [0.29, 0.717) is 6.42 Å². The highest BCUT2D eigenvalue weighted by Crippen LogP contribution is 2.31. The van der Waals surface area contributed by atoms with E-state index in [2.05, 4.69) is 227 Å². The standard InChI is InChI=1S/C15H14O2.C12H10.C10H8.C9H9N3.C9H17N.C9H7N.C8H7N.C8H6O.C7H6N2.C7H5NS.C6H6.C5H11N.C5H5N.C4H4N2.C3H4N2/c1-17-15(16)11-12-7-9-14(10-8-12)13-5-3-2-4-6-13;1-3-7-11(8-4-1)12-9-5-2-6-10-12;1-2-6-10-8-4-3-7-9(10)5-1;1-12-7-9(10-11-12)8-5-3-2-4-6-8;2*1-2-6-9-8(4-1)5-3-7-10-9;2*1-2-4-8-7(3-1)5-6-9-8;1-2-4-7-6(3-1)5-8-9-7;1-2-4-7-6(3-1)8-5-9-7;3*1-2-4-6-5-3-1;1-2-5-4-6-3-1;1-2-5-3-4-1/h2-10H,11H2,1H3;1-10H;1-8H;2-7H,1H3;8-10H,1-7H2;1-7H;1-6,9H;1-6H;1-4H,5H2;1-5H;1-6H;6H,1-5H2;1-5H;1-4H;1-3H,(H,4,5). The molecular weight excluding hydrogens is 1700 g/mol. The predicted octanol–water partition coefficient (Wildman–Crippen LogP) is 28.5. The lowest BCUT2D eigenvalue weighted by Crippen LogP contribution is -2.42. The molecule has 4 aliphatic rings. The highest BCUT2D eigenvalue weighted by Gasteiger charge is 2.26. The molecule has 21 aromatic rings. The van der Waals surface area contributed by atoms with Gasteiger partial charge in [0.2, 0.25) is 0 Å². The van der Waals surface area contributed by atoms with Crippen molar-refractivity contribution in [1.82, 2.24) is 65.5 Å². The van der Waals surface area contributed by atoms with Gasteiger partial charge in [-0.3, -0.25) is 19.4 Å². The summed E-state index contributed by atoms with van der Waals surface area (Å²) in [5.41, 5.74) is 16.3. The number of piperidine rings is 2. The van der Waals surface area contributed by atoms with Crippen LogP contribution in [-0.2, 0) is 29.5 Å². The number of hydrogen-bond donors (Lipinski definition) is 4. The van der Waals surface area contributed by atoms with Gasteiger partial charge in [0.1, 0.15) is 17.6 Å². The van der Waals surface area contributed by atoms with Crippen LogP contribution in [0.5, 0.6) is 0 Å². The Labute approximate surface area is 802 Å². The van der Waals surface area contributed by atoms with E-state index >= 15 is 0 Å². The number of benzene rings is 13. The molecule has 19 heteroatoms. The van der Waals surface area contributed by atoms with Crippen LogP contribution in [-0.4, -0.2) is 93.6 Å². The molecule has 2 atom stereocenters. The van der Waals surface area contributed by atoms with Gasteiger partial charge in [-0.1, -0.05) is 352 Å². The van der Waals surface area contributed by atoms with Gasteiger partial charge in [0.25, 0.3) is 0 Å². The molecule has 18 nitrogen and oxygen atoms in total. The lowest BCUT2D eigenvalue weighted by Gasteiger charge is -2.36. The maximum absolute atomic E-state index is 11.1. The summed E-state index contributed by atoms with van der Waals surface area (Å²) in [4.78, 5) is 40.1. The first-order valence-corrected chi connectivity index (χ1v) is 46.8. The predicted molar refractivity (Wildman–Crippen MR) is 561 cm³/mol. The van der Waals surface area contributed by atoms with Gasteiger partial charge >= 0.3 is 5.97 Å². The van der Waals surface area contributed by atoms with Gasteiger partial charge in [-0.05, 0) is 181 Å². The number of pyridine rings is 2. The second kappa shape index (κ2) is 62.4. The van der Waals surface area contributed by atoms with Crippen molar-refractivity contribution in [3.05, 3.63) is 492 Å². The number of aryl methyl sites for hydroxylation is 1. The van der Waals surface area contributed by atoms with Crippen molar-refractivity contribution >= 4 is 76.8 Å². The molecule has 25 rings (SSSR count). The number of nitrogens with zero attached hydrogens (tertiary/aromatic N) is 11. The van der Waals surface area contributed by atoms with E-state index in [-0.39, 0.29) is 5.97 Å². The summed E-state index contributed by atoms with van der Waals surface area (Å²) in [6.07, 6.45) is 34.2. The average Bonchev–Trinajstić information content (AvgIpc) is 1.49. The van der Waals surface area contributed by atoms with E-state index in [1.165, 1.54) is 145 Å². The number of rotatable bonds is 5. The molecule has 8 aromatic heterocycles. The number of fused-ring (bicyclic) bond motifs is 7. The van der Waals surface area contributed by atoms with Crippen LogP contribution in [0.2, 0.25) is 0 Å². The average molecular weight is 1820 g/mol. The largest absolute Gasteiger partial charge is 0.469 e. The van der Waals surface area contributed by atoms with E-state index in [4.69, 9.17) is 4.42 Å². The second-order valence-electron chi connectivity index (χ2n) is 31.0. The van der Waals surface area contributed by atoms with Crippen molar-refractivity contribution < 1.29 is 13.9 Å². The van der Waals surface area contributed by atoms with Crippen LogP contribution in [0.15, 0.2) is 495 Å². The quantitative estimate of drug-likeness (QED) is 0.118. The van der Waals surface area contributed by atoms with Crippen LogP contribution in [0, 0.1) is 5.92 Å². The molecule has 0 radical (unpaired) electrons. The van der Waals surface area contributed by atoms with Crippen LogP contribution in [0.3, 0.4) is 0 Å². The zero-order valence-electron chi connectivity index (χ0n) is 77.2. The molecule has 686 valence electrons. The topological polar surface area (TPSA) is 228 Å². The lowest BCUT2D eigenvalue weighted by atomic mass is 9.80. The molecule has 3 fully saturated rings. The molecule has 0 amide bonds. The molecule has 0 spiro atoms. The third-order valence-corrected chi connectivity index (χ3v) is 22.0. The molecular formula is C117H119N15O3S. The number of furan rings is 1. The summed E-state index contributed by atoms with van der Waals surface area (Å²) in [7, 11) is 3.26. The van der Waals surface area contributed by atoms with Crippen LogP contribution in [0.25, 0.3) is 87.3 Å². The van der Waals surface area contributed by atoms with Gasteiger partial charge in [0, 0.05) is 90.1 Å². The van der Waals surface area contributed by atoms with Gasteiger partial charge in [-0.2, -0.15) is 10.2 Å². The molecule has 2 unspecified atom stereocenters. The number of hydrogen-bond acceptors (Lipinski definition) is 16. The molecule has 2 saturated heterocycles. The van der Waals surface area contributed by atoms with Gasteiger partial charge < -0.3 is 29.8 Å². The molecule has 1 saturated carbocycles. The number of para-hydroxylation sites is 4. The summed E-state index contributed by atoms with van der Waals surface area (Å²) in [6, 6.07) is 134. The molecule has 4 N–H and O–H groups in total. The van der Waals surface area contributed by atoms with Crippen LogP contribution >= 0.6 is 11.3 Å². The second-order valence-corrected chi connectivity index (χ2v) is 31.9. The number of aromatic nitrogens is 11. The van der Waals surface area contributed by atoms with E-state index in [1.54, 1.807) is 71.9 Å². The van der Waals surface area contributed by atoms with Gasteiger partial charge in [-0.15, -0.1) is 16.4 Å². The first-order valence-electron chi connectivity index (χ1n) is 46.0. The SMILES string of the molecule is C1CCC2NCCCC2C1.C1CCNCC1.COC(=O)Cc1ccc(-c2ccccc2)cc1.Cn1cc(-c2ccccc2)nn1.c1c[nH]cn1.c1ccc(-c2ccccc2)cc1.c1ccc2[nH]ccc2c1.c1ccc2c(c1)CN=N2.c1ccc2ccccc2c1.c1ccc2ncccc2c1.c1ccc2occc2c1.c1ccc2scnc2c1.c1ccccc1.c1ccncc1.c1cncnc1. The van der Waals surface area contributed by atoms with Crippen LogP contribution in [0.1, 0.15) is 68.9 Å². The molecule has 0 bridgehead atoms. The number of aromatic amines is 2. The van der Waals surface area contributed by atoms with Crippen molar-refractivity contribution in [2.45, 2.75) is 76.8 Å². The summed E-state index contributed by atoms with van der Waals surface area (Å²) in [5.74, 6) is 0.833. The van der Waals surface area contributed by atoms with Gasteiger partial charge in [0.05, 0.1) is 65.8 Å². The van der Waals surface area contributed by atoms with Crippen LogP contribution in [0.4, 0.5) is 5.69 Å². The van der Waals surface area contributed by atoms with E-state index < -0.39 is 0 Å². The zero-order chi connectivity index (χ0) is 94.1.